The van der Waals surface area contributed by atoms with Crippen LogP contribution in [0.25, 0.3) is 0 Å². The minimum Gasteiger partial charge on any atom is -0.489 e. The number of carbonyl (C=O) groups excluding carboxylic acids is 1. The number of unbranched alkanes of at least 4 members (excludes halogenated alkanes) is 3. The van der Waals surface area contributed by atoms with E-state index in [4.69, 9.17) is 4.74 Å². The molecule has 0 radical (unpaired) electrons. The third-order valence-corrected chi connectivity index (χ3v) is 6.26. The van der Waals surface area contributed by atoms with Gasteiger partial charge in [0.25, 0.3) is 0 Å². The van der Waals surface area contributed by atoms with Crippen LogP contribution in [0.3, 0.4) is 0 Å². The Morgan fingerprint density at radius 3 is 2.53 bits per heavy atom. The summed E-state index contributed by atoms with van der Waals surface area (Å²) in [6.45, 7) is 4.50. The molecular weight excluding hydrogens is 396 g/mol. The first-order chi connectivity index (χ1) is 15.8. The molecule has 1 aliphatic rings. The molecule has 0 bridgehead atoms. The second-order valence-corrected chi connectivity index (χ2v) is 8.62. The van der Waals surface area contributed by atoms with Crippen LogP contribution in [-0.4, -0.2) is 21.9 Å². The molecule has 32 heavy (non-hydrogen) atoms. The normalized spacial score (nSPS) is 15.8. The molecule has 3 aromatic rings. The number of aryl methyl sites for hydroxylation is 1. The van der Waals surface area contributed by atoms with E-state index in [1.165, 1.54) is 18.5 Å². The number of rotatable bonds is 9. The molecule has 4 heteroatoms. The fourth-order valence-electron chi connectivity index (χ4n) is 4.53. The van der Waals surface area contributed by atoms with E-state index in [1.807, 2.05) is 30.3 Å². The van der Waals surface area contributed by atoms with E-state index >= 15 is 0 Å². The Bertz CT molecular complexity index is 978. The van der Waals surface area contributed by atoms with Gasteiger partial charge in [-0.25, -0.2) is 0 Å². The SMILES string of the molecule is CCCCCCC(=O)N1CCCn2cccc2[C@H]1c1ccc(OCc2ccccc2)cc1. The molecule has 0 unspecified atom stereocenters. The third-order valence-electron chi connectivity index (χ3n) is 6.26. The molecule has 0 saturated heterocycles. The molecule has 1 atom stereocenters. The van der Waals surface area contributed by atoms with Gasteiger partial charge in [-0.3, -0.25) is 4.79 Å². The Morgan fingerprint density at radius 2 is 1.75 bits per heavy atom. The van der Waals surface area contributed by atoms with Gasteiger partial charge in [0.05, 0.1) is 6.04 Å². The van der Waals surface area contributed by atoms with E-state index in [0.717, 1.165) is 49.2 Å². The monoisotopic (exact) mass is 430 g/mol. The number of nitrogens with zero attached hydrogens (tertiary/aromatic N) is 2. The smallest absolute Gasteiger partial charge is 0.223 e. The molecule has 0 saturated carbocycles. The van der Waals surface area contributed by atoms with Crippen molar-refractivity contribution in [3.63, 3.8) is 0 Å². The zero-order valence-corrected chi connectivity index (χ0v) is 19.1. The number of fused-ring (bicyclic) bond motifs is 1. The van der Waals surface area contributed by atoms with Crippen molar-refractivity contribution in [1.82, 2.24) is 9.47 Å². The van der Waals surface area contributed by atoms with Gasteiger partial charge in [-0.15, -0.1) is 0 Å². The van der Waals surface area contributed by atoms with Crippen LogP contribution in [0.5, 0.6) is 5.75 Å². The lowest BCUT2D eigenvalue weighted by atomic mass is 10.0. The quantitative estimate of drug-likeness (QED) is 0.370. The van der Waals surface area contributed by atoms with Gasteiger partial charge in [-0.05, 0) is 48.2 Å². The highest BCUT2D eigenvalue weighted by Crippen LogP contribution is 2.33. The van der Waals surface area contributed by atoms with Crippen LogP contribution in [0.1, 0.15) is 68.3 Å². The minimum atomic E-state index is -0.0469. The average Bonchev–Trinajstić information content (AvgIpc) is 3.21. The molecule has 0 aliphatic carbocycles. The second kappa shape index (κ2) is 11.0. The van der Waals surface area contributed by atoms with Crippen LogP contribution in [0.15, 0.2) is 72.9 Å². The topological polar surface area (TPSA) is 34.5 Å². The van der Waals surface area contributed by atoms with Crippen molar-refractivity contribution >= 4 is 5.91 Å². The van der Waals surface area contributed by atoms with Crippen molar-refractivity contribution in [2.75, 3.05) is 6.54 Å². The van der Waals surface area contributed by atoms with E-state index in [-0.39, 0.29) is 11.9 Å². The zero-order valence-electron chi connectivity index (χ0n) is 19.1. The Balaban J connectivity index is 1.51. The van der Waals surface area contributed by atoms with Crippen LogP contribution in [-0.2, 0) is 17.9 Å². The number of aromatic nitrogens is 1. The summed E-state index contributed by atoms with van der Waals surface area (Å²) in [5.41, 5.74) is 3.49. The van der Waals surface area contributed by atoms with E-state index in [0.29, 0.717) is 13.0 Å². The second-order valence-electron chi connectivity index (χ2n) is 8.62. The molecule has 1 aliphatic heterocycles. The minimum absolute atomic E-state index is 0.0469. The number of amides is 1. The number of hydrogen-bond acceptors (Lipinski definition) is 2. The molecular formula is C28H34N2O2. The van der Waals surface area contributed by atoms with Crippen LogP contribution < -0.4 is 4.74 Å². The van der Waals surface area contributed by atoms with E-state index < -0.39 is 0 Å². The molecule has 2 aromatic carbocycles. The predicted molar refractivity (Wildman–Crippen MR) is 129 cm³/mol. The van der Waals surface area contributed by atoms with Crippen molar-refractivity contribution in [1.29, 1.82) is 0 Å². The van der Waals surface area contributed by atoms with Crippen molar-refractivity contribution in [3.05, 3.63) is 89.7 Å². The summed E-state index contributed by atoms with van der Waals surface area (Å²) in [5.74, 6) is 1.12. The lowest BCUT2D eigenvalue weighted by Gasteiger charge is -2.31. The first-order valence-corrected chi connectivity index (χ1v) is 12.0. The van der Waals surface area contributed by atoms with Crippen LogP contribution in [0.4, 0.5) is 0 Å². The Kier molecular flexibility index (Phi) is 7.65. The van der Waals surface area contributed by atoms with Gasteiger partial charge < -0.3 is 14.2 Å². The lowest BCUT2D eigenvalue weighted by Crippen LogP contribution is -2.35. The van der Waals surface area contributed by atoms with E-state index in [9.17, 15) is 4.79 Å². The molecule has 2 heterocycles. The van der Waals surface area contributed by atoms with Crippen molar-refractivity contribution in [2.24, 2.45) is 0 Å². The first kappa shape index (κ1) is 22.2. The molecule has 0 N–H and O–H groups in total. The number of benzene rings is 2. The Morgan fingerprint density at radius 1 is 0.938 bits per heavy atom. The summed E-state index contributed by atoms with van der Waals surface area (Å²) < 4.78 is 8.28. The molecule has 0 spiro atoms. The van der Waals surface area contributed by atoms with Crippen LogP contribution >= 0.6 is 0 Å². The molecule has 1 aromatic heterocycles. The van der Waals surface area contributed by atoms with Gasteiger partial charge in [0, 0.05) is 31.4 Å². The van der Waals surface area contributed by atoms with Gasteiger partial charge in [0.1, 0.15) is 12.4 Å². The maximum Gasteiger partial charge on any atom is 0.223 e. The third kappa shape index (κ3) is 5.42. The standard InChI is InChI=1S/C28H34N2O2/c1-2-3-4-8-14-27(31)30-21-10-20-29-19-9-13-26(29)28(30)24-15-17-25(18-16-24)32-22-23-11-6-5-7-12-23/h5-7,9,11-13,15-19,28H,2-4,8,10,14,20-22H2,1H3/t28-/m1/s1. The average molecular weight is 431 g/mol. The Hall–Kier alpha value is -3.01. The van der Waals surface area contributed by atoms with Crippen LogP contribution in [0.2, 0.25) is 0 Å². The highest BCUT2D eigenvalue weighted by atomic mass is 16.5. The summed E-state index contributed by atoms with van der Waals surface area (Å²) in [5, 5.41) is 0. The first-order valence-electron chi connectivity index (χ1n) is 12.0. The van der Waals surface area contributed by atoms with Crippen molar-refractivity contribution in [3.8, 4) is 5.75 Å². The predicted octanol–water partition coefficient (Wildman–Crippen LogP) is 6.36. The van der Waals surface area contributed by atoms with Gasteiger partial charge >= 0.3 is 0 Å². The summed E-state index contributed by atoms with van der Waals surface area (Å²) in [6, 6.07) is 22.7. The van der Waals surface area contributed by atoms with Crippen LogP contribution in [0, 0.1) is 0 Å². The highest BCUT2D eigenvalue weighted by molar-refractivity contribution is 5.77. The largest absolute Gasteiger partial charge is 0.489 e. The van der Waals surface area contributed by atoms with Crippen molar-refractivity contribution in [2.45, 2.75) is 64.6 Å². The maximum atomic E-state index is 13.2. The van der Waals surface area contributed by atoms with Gasteiger partial charge in [0.15, 0.2) is 0 Å². The zero-order chi connectivity index (χ0) is 22.2. The summed E-state index contributed by atoms with van der Waals surface area (Å²) in [7, 11) is 0. The molecule has 0 fully saturated rings. The molecule has 1 amide bonds. The summed E-state index contributed by atoms with van der Waals surface area (Å²) in [6.07, 6.45) is 8.24. The van der Waals surface area contributed by atoms with Gasteiger partial charge in [-0.1, -0.05) is 68.7 Å². The summed E-state index contributed by atoms with van der Waals surface area (Å²) in [4.78, 5) is 15.3. The van der Waals surface area contributed by atoms with E-state index in [2.05, 4.69) is 59.0 Å². The molecule has 4 rings (SSSR count). The molecule has 4 nitrogen and oxygen atoms in total. The number of hydrogen-bond donors (Lipinski definition) is 0. The van der Waals surface area contributed by atoms with Gasteiger partial charge in [-0.2, -0.15) is 0 Å². The van der Waals surface area contributed by atoms with Crippen molar-refractivity contribution < 1.29 is 9.53 Å². The number of ether oxygens (including phenoxy) is 1. The fraction of sp³-hybridized carbons (Fsp3) is 0.393. The highest BCUT2D eigenvalue weighted by Gasteiger charge is 2.30. The van der Waals surface area contributed by atoms with E-state index in [1.54, 1.807) is 0 Å². The summed E-state index contributed by atoms with van der Waals surface area (Å²) >= 11 is 0. The van der Waals surface area contributed by atoms with Gasteiger partial charge in [0.2, 0.25) is 5.91 Å². The lowest BCUT2D eigenvalue weighted by molar-refractivity contribution is -0.133. The maximum absolute atomic E-state index is 13.2. The number of carbonyl (C=O) groups is 1. The Labute approximate surface area is 191 Å². The fourth-order valence-corrected chi connectivity index (χ4v) is 4.53. The molecule has 168 valence electrons.